The van der Waals surface area contributed by atoms with Crippen LogP contribution in [-0.2, 0) is 25.5 Å². The van der Waals surface area contributed by atoms with Gasteiger partial charge in [-0.25, -0.2) is 0 Å². The third kappa shape index (κ3) is 5.61. The Kier molecular flexibility index (Phi) is 6.37. The Morgan fingerprint density at radius 2 is 1.90 bits per heavy atom. The van der Waals surface area contributed by atoms with Crippen LogP contribution in [0.25, 0.3) is 0 Å². The highest BCUT2D eigenvalue weighted by Crippen LogP contribution is 2.15. The summed E-state index contributed by atoms with van der Waals surface area (Å²) in [5.74, 6) is -1.57. The molecule has 0 aliphatic rings. The summed E-state index contributed by atoms with van der Waals surface area (Å²) < 4.78 is 4.91. The number of Topliss-reactive ketones (excluding diaryl/α,β-unsaturated/α-hetero) is 1. The SMILES string of the molecule is C=CC(=O)CC(Cc1ccccc1)C(=O)OCC(C)=O. The lowest BCUT2D eigenvalue weighted by Gasteiger charge is -2.14. The maximum Gasteiger partial charge on any atom is 0.310 e. The van der Waals surface area contributed by atoms with Crippen LogP contribution in [0.3, 0.4) is 0 Å². The second-order valence-electron chi connectivity index (χ2n) is 4.57. The molecular weight excluding hydrogens is 256 g/mol. The normalized spacial score (nSPS) is 11.4. The molecule has 0 N–H and O–H groups in total. The van der Waals surface area contributed by atoms with Gasteiger partial charge in [-0.3, -0.25) is 14.4 Å². The second kappa shape index (κ2) is 8.04. The highest BCUT2D eigenvalue weighted by atomic mass is 16.5. The van der Waals surface area contributed by atoms with Crippen molar-refractivity contribution >= 4 is 17.5 Å². The molecule has 0 spiro atoms. The first-order valence-corrected chi connectivity index (χ1v) is 6.38. The highest BCUT2D eigenvalue weighted by Gasteiger charge is 2.23. The number of hydrogen-bond acceptors (Lipinski definition) is 4. The largest absolute Gasteiger partial charge is 0.457 e. The zero-order valence-corrected chi connectivity index (χ0v) is 11.5. The van der Waals surface area contributed by atoms with E-state index in [0.29, 0.717) is 6.42 Å². The monoisotopic (exact) mass is 274 g/mol. The summed E-state index contributed by atoms with van der Waals surface area (Å²) in [5, 5.41) is 0. The second-order valence-corrected chi connectivity index (χ2v) is 4.57. The average molecular weight is 274 g/mol. The van der Waals surface area contributed by atoms with Crippen LogP contribution in [0.4, 0.5) is 0 Å². The van der Waals surface area contributed by atoms with E-state index in [-0.39, 0.29) is 24.6 Å². The number of carbonyl (C=O) groups excluding carboxylic acids is 3. The molecule has 1 unspecified atom stereocenters. The van der Waals surface area contributed by atoms with Crippen LogP contribution in [0, 0.1) is 5.92 Å². The van der Waals surface area contributed by atoms with Gasteiger partial charge in [0.05, 0.1) is 5.92 Å². The maximum absolute atomic E-state index is 11.9. The average Bonchev–Trinajstić information content (AvgIpc) is 2.44. The minimum atomic E-state index is -0.595. The van der Waals surface area contributed by atoms with Gasteiger partial charge in [-0.1, -0.05) is 36.9 Å². The summed E-state index contributed by atoms with van der Waals surface area (Å²) in [4.78, 5) is 34.3. The first-order valence-electron chi connectivity index (χ1n) is 6.38. The van der Waals surface area contributed by atoms with Crippen LogP contribution in [-0.4, -0.2) is 24.1 Å². The van der Waals surface area contributed by atoms with E-state index in [2.05, 4.69) is 6.58 Å². The molecule has 20 heavy (non-hydrogen) atoms. The first kappa shape index (κ1) is 15.8. The number of benzene rings is 1. The Hall–Kier alpha value is -2.23. The van der Waals surface area contributed by atoms with Crippen molar-refractivity contribution in [3.8, 4) is 0 Å². The van der Waals surface area contributed by atoms with Gasteiger partial charge in [-0.2, -0.15) is 0 Å². The van der Waals surface area contributed by atoms with Crippen molar-refractivity contribution in [3.63, 3.8) is 0 Å². The molecule has 106 valence electrons. The van der Waals surface area contributed by atoms with Crippen molar-refractivity contribution < 1.29 is 19.1 Å². The molecule has 0 radical (unpaired) electrons. The van der Waals surface area contributed by atoms with E-state index in [1.54, 1.807) is 0 Å². The summed E-state index contributed by atoms with van der Waals surface area (Å²) in [6, 6.07) is 9.36. The van der Waals surface area contributed by atoms with Gasteiger partial charge < -0.3 is 4.74 Å². The fourth-order valence-corrected chi connectivity index (χ4v) is 1.75. The molecule has 0 saturated carbocycles. The molecule has 0 aromatic heterocycles. The lowest BCUT2D eigenvalue weighted by atomic mass is 9.94. The summed E-state index contributed by atoms with van der Waals surface area (Å²) in [5.41, 5.74) is 0.939. The number of allylic oxidation sites excluding steroid dienone is 1. The topological polar surface area (TPSA) is 60.4 Å². The van der Waals surface area contributed by atoms with Crippen molar-refractivity contribution in [1.82, 2.24) is 0 Å². The number of carbonyl (C=O) groups is 3. The molecule has 1 aromatic carbocycles. The molecule has 1 rings (SSSR count). The van der Waals surface area contributed by atoms with Gasteiger partial charge in [0, 0.05) is 6.42 Å². The zero-order chi connectivity index (χ0) is 15.0. The summed E-state index contributed by atoms with van der Waals surface area (Å²) >= 11 is 0. The summed E-state index contributed by atoms with van der Waals surface area (Å²) in [6.45, 7) is 4.48. The Labute approximate surface area is 118 Å². The van der Waals surface area contributed by atoms with Gasteiger partial charge in [0.2, 0.25) is 0 Å². The van der Waals surface area contributed by atoms with Crippen LogP contribution in [0.15, 0.2) is 43.0 Å². The van der Waals surface area contributed by atoms with E-state index >= 15 is 0 Å². The highest BCUT2D eigenvalue weighted by molar-refractivity contribution is 5.92. The van der Waals surface area contributed by atoms with E-state index in [9.17, 15) is 14.4 Å². The first-order chi connectivity index (χ1) is 9.52. The van der Waals surface area contributed by atoms with Gasteiger partial charge in [0.1, 0.15) is 6.61 Å². The van der Waals surface area contributed by atoms with Gasteiger partial charge in [-0.05, 0) is 25.0 Å². The smallest absolute Gasteiger partial charge is 0.310 e. The Bertz CT molecular complexity index is 490. The number of esters is 1. The van der Waals surface area contributed by atoms with Gasteiger partial charge in [0.25, 0.3) is 0 Å². The van der Waals surface area contributed by atoms with E-state index in [4.69, 9.17) is 4.74 Å². The predicted octanol–water partition coefficient (Wildman–Crippen LogP) is 2.12. The number of ether oxygens (including phenoxy) is 1. The van der Waals surface area contributed by atoms with Crippen molar-refractivity contribution in [3.05, 3.63) is 48.6 Å². The van der Waals surface area contributed by atoms with E-state index in [1.807, 2.05) is 30.3 Å². The fraction of sp³-hybridized carbons (Fsp3) is 0.312. The molecule has 0 bridgehead atoms. The minimum Gasteiger partial charge on any atom is -0.457 e. The third-order valence-corrected chi connectivity index (χ3v) is 2.75. The molecule has 1 atom stereocenters. The Morgan fingerprint density at radius 1 is 1.25 bits per heavy atom. The third-order valence-electron chi connectivity index (χ3n) is 2.75. The Morgan fingerprint density at radius 3 is 2.45 bits per heavy atom. The number of rotatable bonds is 8. The van der Waals surface area contributed by atoms with E-state index < -0.39 is 11.9 Å². The lowest BCUT2D eigenvalue weighted by molar-refractivity contribution is -0.152. The zero-order valence-electron chi connectivity index (χ0n) is 11.5. The van der Waals surface area contributed by atoms with Gasteiger partial charge in [-0.15, -0.1) is 0 Å². The van der Waals surface area contributed by atoms with Crippen molar-refractivity contribution in [2.45, 2.75) is 19.8 Å². The van der Waals surface area contributed by atoms with Crippen molar-refractivity contribution in [2.24, 2.45) is 5.92 Å². The molecule has 0 saturated heterocycles. The molecule has 1 aromatic rings. The van der Waals surface area contributed by atoms with E-state index in [0.717, 1.165) is 5.56 Å². The lowest BCUT2D eigenvalue weighted by Crippen LogP contribution is -2.24. The number of ketones is 2. The fourth-order valence-electron chi connectivity index (χ4n) is 1.75. The van der Waals surface area contributed by atoms with Crippen molar-refractivity contribution in [1.29, 1.82) is 0 Å². The molecule has 0 aliphatic carbocycles. The summed E-state index contributed by atoms with van der Waals surface area (Å²) in [7, 11) is 0. The standard InChI is InChI=1S/C16H18O4/c1-3-15(18)10-14(16(19)20-11-12(2)17)9-13-7-5-4-6-8-13/h3-8,14H,1,9-11H2,2H3. The molecule has 0 amide bonds. The van der Waals surface area contributed by atoms with Crippen LogP contribution >= 0.6 is 0 Å². The van der Waals surface area contributed by atoms with Crippen LogP contribution in [0.2, 0.25) is 0 Å². The molecule has 0 aliphatic heterocycles. The van der Waals surface area contributed by atoms with Crippen molar-refractivity contribution in [2.75, 3.05) is 6.61 Å². The quantitative estimate of drug-likeness (QED) is 0.538. The predicted molar refractivity (Wildman–Crippen MR) is 75.1 cm³/mol. The van der Waals surface area contributed by atoms with Gasteiger partial charge >= 0.3 is 5.97 Å². The van der Waals surface area contributed by atoms with E-state index in [1.165, 1.54) is 13.0 Å². The molecule has 4 heteroatoms. The molecular formula is C16H18O4. The summed E-state index contributed by atoms with van der Waals surface area (Å²) in [6.07, 6.45) is 1.63. The molecule has 4 nitrogen and oxygen atoms in total. The molecule has 0 heterocycles. The Balaban J connectivity index is 2.73. The van der Waals surface area contributed by atoms with Crippen LogP contribution in [0.1, 0.15) is 18.9 Å². The van der Waals surface area contributed by atoms with Crippen LogP contribution < -0.4 is 0 Å². The minimum absolute atomic E-state index is 0.0368. The van der Waals surface area contributed by atoms with Crippen LogP contribution in [0.5, 0.6) is 0 Å². The molecule has 0 fully saturated rings. The number of hydrogen-bond donors (Lipinski definition) is 0. The maximum atomic E-state index is 11.9. The van der Waals surface area contributed by atoms with Gasteiger partial charge in [0.15, 0.2) is 11.6 Å².